The van der Waals surface area contributed by atoms with Gasteiger partial charge in [-0.15, -0.1) is 0 Å². The van der Waals surface area contributed by atoms with E-state index in [1.165, 1.54) is 0 Å². The monoisotopic (exact) mass is 175 g/mol. The Morgan fingerprint density at radius 1 is 1.50 bits per heavy atom. The average molecular weight is 176 g/mol. The van der Waals surface area contributed by atoms with Crippen LogP contribution in [0.4, 0.5) is 0 Å². The molecule has 0 N–H and O–H groups in total. The highest BCUT2D eigenvalue weighted by atomic mass is 35.6. The predicted molar refractivity (Wildman–Crippen MR) is 31.9 cm³/mol. The van der Waals surface area contributed by atoms with Crippen molar-refractivity contribution in [3.63, 3.8) is 0 Å². The molecule has 0 aromatic rings. The van der Waals surface area contributed by atoms with Gasteiger partial charge in [-0.25, -0.2) is 4.79 Å². The summed E-state index contributed by atoms with van der Waals surface area (Å²) < 4.78 is 2.48. The summed E-state index contributed by atoms with van der Waals surface area (Å²) in [6.45, 7) is 0.858. The van der Waals surface area contributed by atoms with Gasteiger partial charge in [0, 0.05) is 0 Å². The topological polar surface area (TPSA) is 26.3 Å². The van der Waals surface area contributed by atoms with E-state index in [0.29, 0.717) is 0 Å². The van der Waals surface area contributed by atoms with E-state index >= 15 is 0 Å². The molecule has 0 aliphatic heterocycles. The Kier molecular flexibility index (Phi) is 3.53. The first-order chi connectivity index (χ1) is 3.56. The fourth-order valence-electron chi connectivity index (χ4n) is 0.111. The Bertz CT molecular complexity index is 77.1. The van der Waals surface area contributed by atoms with Crippen LogP contribution in [0.3, 0.4) is 0 Å². The zero-order valence-electron chi connectivity index (χ0n) is 3.66. The smallest absolute Gasteiger partial charge is 0.417 e. The van der Waals surface area contributed by atoms with Crippen LogP contribution in [0.1, 0.15) is 0 Å². The second-order valence-corrected chi connectivity index (χ2v) is 3.50. The molecule has 2 nitrogen and oxygen atoms in total. The Labute approximate surface area is 61.7 Å². The quantitative estimate of drug-likeness (QED) is 0.595. The van der Waals surface area contributed by atoms with Crippen LogP contribution in [0, 0.1) is 0 Å². The third-order valence-corrected chi connectivity index (χ3v) is 0.622. The van der Waals surface area contributed by atoms with E-state index in [1.54, 1.807) is 0 Å². The summed E-state index contributed by atoms with van der Waals surface area (Å²) in [6.07, 6.45) is 0. The molecule has 0 aliphatic carbocycles. The Hall–Kier alpha value is 0.340. The first-order valence-corrected chi connectivity index (χ1v) is 2.75. The predicted octanol–water partition coefficient (Wildman–Crippen LogP) is 1.44. The molecule has 0 spiro atoms. The van der Waals surface area contributed by atoms with E-state index in [4.69, 9.17) is 34.8 Å². The largest absolute Gasteiger partial charge is 0.453 e. The summed E-state index contributed by atoms with van der Waals surface area (Å²) in [4.78, 5) is 9.33. The van der Waals surface area contributed by atoms with Gasteiger partial charge in [-0.1, -0.05) is 34.8 Å². The number of halogens is 3. The highest BCUT2D eigenvalue weighted by Crippen LogP contribution is 2.25. The lowest BCUT2D eigenvalue weighted by Gasteiger charge is -2.05. The number of hydrogen-bond acceptors (Lipinski definition) is 2. The minimum Gasteiger partial charge on any atom is -0.453 e. The van der Waals surface area contributed by atoms with E-state index in [-0.39, 0.29) is 6.61 Å². The highest BCUT2D eigenvalue weighted by Gasteiger charge is 2.19. The standard InChI is InChI=1S/C3H2Cl3O2/c4-3(5,6)1-8-2-7/h1H2. The van der Waals surface area contributed by atoms with Crippen LogP contribution in [-0.4, -0.2) is 16.9 Å². The Morgan fingerprint density at radius 3 is 2.12 bits per heavy atom. The van der Waals surface area contributed by atoms with Crippen LogP contribution in [0.15, 0.2) is 0 Å². The molecule has 8 heavy (non-hydrogen) atoms. The lowest BCUT2D eigenvalue weighted by molar-refractivity contribution is 0.284. The molecule has 0 unspecified atom stereocenters. The molecule has 0 heterocycles. The lowest BCUT2D eigenvalue weighted by Crippen LogP contribution is -2.11. The van der Waals surface area contributed by atoms with Gasteiger partial charge < -0.3 is 4.74 Å². The van der Waals surface area contributed by atoms with Gasteiger partial charge in [-0.2, -0.15) is 0 Å². The van der Waals surface area contributed by atoms with E-state index < -0.39 is 3.79 Å². The van der Waals surface area contributed by atoms with Gasteiger partial charge in [0.1, 0.15) is 6.61 Å². The van der Waals surface area contributed by atoms with Gasteiger partial charge in [-0.05, 0) is 0 Å². The summed E-state index contributed by atoms with van der Waals surface area (Å²) in [6, 6.07) is 0. The Balaban J connectivity index is 3.24. The van der Waals surface area contributed by atoms with Gasteiger partial charge in [0.2, 0.25) is 3.79 Å². The first kappa shape index (κ1) is 8.34. The third kappa shape index (κ3) is 6.34. The minimum atomic E-state index is -1.52. The van der Waals surface area contributed by atoms with Crippen molar-refractivity contribution in [1.29, 1.82) is 0 Å². The van der Waals surface area contributed by atoms with Gasteiger partial charge in [0.05, 0.1) is 0 Å². The normalized spacial score (nSPS) is 10.9. The van der Waals surface area contributed by atoms with E-state index in [0.717, 1.165) is 6.47 Å². The van der Waals surface area contributed by atoms with Crippen molar-refractivity contribution < 1.29 is 9.53 Å². The molecule has 5 heteroatoms. The van der Waals surface area contributed by atoms with Crippen molar-refractivity contribution in [1.82, 2.24) is 0 Å². The van der Waals surface area contributed by atoms with Crippen molar-refractivity contribution in [3.8, 4) is 0 Å². The molecule has 1 radical (unpaired) electrons. The van der Waals surface area contributed by atoms with Crippen LogP contribution in [0.5, 0.6) is 0 Å². The fraction of sp³-hybridized carbons (Fsp3) is 0.667. The molecule has 0 atom stereocenters. The third-order valence-electron chi connectivity index (χ3n) is 0.295. The summed E-state index contributed by atoms with van der Waals surface area (Å²) >= 11 is 15.4. The van der Waals surface area contributed by atoms with E-state index in [2.05, 4.69) is 4.74 Å². The maximum absolute atomic E-state index is 9.33. The molecule has 0 aliphatic rings. The van der Waals surface area contributed by atoms with Crippen molar-refractivity contribution in [3.05, 3.63) is 0 Å². The number of hydrogen-bond donors (Lipinski definition) is 0. The van der Waals surface area contributed by atoms with Gasteiger partial charge >= 0.3 is 6.47 Å². The molecule has 0 aromatic carbocycles. The molecule has 0 aromatic heterocycles. The summed E-state index contributed by atoms with van der Waals surface area (Å²) in [7, 11) is 0. The van der Waals surface area contributed by atoms with Gasteiger partial charge in [0.25, 0.3) is 0 Å². The molecular weight excluding hydrogens is 174 g/mol. The number of rotatable bonds is 2. The van der Waals surface area contributed by atoms with E-state index in [1.807, 2.05) is 0 Å². The molecule has 47 valence electrons. The van der Waals surface area contributed by atoms with Gasteiger partial charge in [0.15, 0.2) is 0 Å². The summed E-state index contributed by atoms with van der Waals surface area (Å²) in [5.74, 6) is 0. The van der Waals surface area contributed by atoms with Crippen LogP contribution in [-0.2, 0) is 9.53 Å². The molecule has 0 saturated carbocycles. The lowest BCUT2D eigenvalue weighted by atomic mass is 10.8. The first-order valence-electron chi connectivity index (χ1n) is 1.62. The molecule has 0 fully saturated rings. The second-order valence-electron chi connectivity index (χ2n) is 0.987. The molecule has 0 bridgehead atoms. The van der Waals surface area contributed by atoms with Crippen LogP contribution < -0.4 is 0 Å². The van der Waals surface area contributed by atoms with Crippen molar-refractivity contribution in [2.45, 2.75) is 3.79 Å². The molecule has 0 saturated heterocycles. The number of ether oxygens (including phenoxy) is 1. The van der Waals surface area contributed by atoms with Crippen LogP contribution in [0.25, 0.3) is 0 Å². The zero-order chi connectivity index (χ0) is 6.62. The van der Waals surface area contributed by atoms with Crippen molar-refractivity contribution >= 4 is 41.3 Å². The number of alkyl halides is 3. The molecular formula is C3H2Cl3O2. The average Bonchev–Trinajstić information content (AvgIpc) is 1.59. The number of carbonyl (C=O) groups excluding carboxylic acids is 1. The summed E-state index contributed by atoms with van der Waals surface area (Å²) in [5.41, 5.74) is 0. The van der Waals surface area contributed by atoms with Crippen LogP contribution in [0.2, 0.25) is 0 Å². The highest BCUT2D eigenvalue weighted by molar-refractivity contribution is 6.67. The zero-order valence-corrected chi connectivity index (χ0v) is 5.93. The van der Waals surface area contributed by atoms with Crippen molar-refractivity contribution in [2.75, 3.05) is 6.61 Å². The van der Waals surface area contributed by atoms with Crippen LogP contribution >= 0.6 is 34.8 Å². The Morgan fingerprint density at radius 2 is 2.00 bits per heavy atom. The molecule has 0 amide bonds. The minimum absolute atomic E-state index is 0.263. The molecule has 0 rings (SSSR count). The van der Waals surface area contributed by atoms with Crippen molar-refractivity contribution in [2.24, 2.45) is 0 Å². The van der Waals surface area contributed by atoms with Gasteiger partial charge in [-0.3, -0.25) is 0 Å². The van der Waals surface area contributed by atoms with E-state index in [9.17, 15) is 4.79 Å². The fourth-order valence-corrected chi connectivity index (χ4v) is 0.275. The summed E-state index contributed by atoms with van der Waals surface area (Å²) in [5, 5.41) is 0. The SMILES string of the molecule is O=[C]OCC(Cl)(Cl)Cl. The maximum atomic E-state index is 9.33. The second kappa shape index (κ2) is 3.38. The maximum Gasteiger partial charge on any atom is 0.417 e.